The molecule has 2 saturated heterocycles. The molecule has 0 radical (unpaired) electrons. The first-order valence-electron chi connectivity index (χ1n) is 10.5. The lowest BCUT2D eigenvalue weighted by Crippen LogP contribution is -2.59. The maximum Gasteiger partial charge on any atom is 0.416 e. The van der Waals surface area contributed by atoms with Crippen LogP contribution >= 0.6 is 12.2 Å². The molecule has 0 unspecified atom stereocenters. The first-order chi connectivity index (χ1) is 15.2. The van der Waals surface area contributed by atoms with Crippen molar-refractivity contribution in [2.45, 2.75) is 38.1 Å². The quantitative estimate of drug-likeness (QED) is 0.672. The topological polar surface area (TPSA) is 47.6 Å². The molecule has 1 spiro atoms. The van der Waals surface area contributed by atoms with Crippen molar-refractivity contribution in [2.24, 2.45) is 0 Å². The van der Waals surface area contributed by atoms with Crippen molar-refractivity contribution in [2.75, 3.05) is 25.0 Å². The van der Waals surface area contributed by atoms with Crippen LogP contribution in [-0.2, 0) is 17.5 Å². The van der Waals surface area contributed by atoms with E-state index in [2.05, 4.69) is 15.5 Å². The van der Waals surface area contributed by atoms with Gasteiger partial charge in [0.05, 0.1) is 17.8 Å². The Labute approximate surface area is 190 Å². The van der Waals surface area contributed by atoms with Crippen LogP contribution in [0.15, 0.2) is 48.5 Å². The molecule has 0 aliphatic carbocycles. The summed E-state index contributed by atoms with van der Waals surface area (Å²) >= 11 is 5.58. The highest BCUT2D eigenvalue weighted by Crippen LogP contribution is 2.34. The van der Waals surface area contributed by atoms with E-state index in [1.165, 1.54) is 6.07 Å². The predicted octanol–water partition coefficient (Wildman–Crippen LogP) is 4.13. The van der Waals surface area contributed by atoms with Crippen LogP contribution < -0.4 is 10.6 Å². The van der Waals surface area contributed by atoms with Gasteiger partial charge < -0.3 is 15.1 Å². The van der Waals surface area contributed by atoms with Crippen LogP contribution in [0.3, 0.4) is 0 Å². The first kappa shape index (κ1) is 22.5. The molecule has 32 heavy (non-hydrogen) atoms. The summed E-state index contributed by atoms with van der Waals surface area (Å²) in [4.78, 5) is 16.4. The Morgan fingerprint density at radius 1 is 1.16 bits per heavy atom. The number of alkyl halides is 3. The van der Waals surface area contributed by atoms with Crippen LogP contribution in [0.4, 0.5) is 18.9 Å². The average Bonchev–Trinajstić information content (AvgIpc) is 3.03. The summed E-state index contributed by atoms with van der Waals surface area (Å²) in [7, 11) is 0. The number of hydrogen-bond donors (Lipinski definition) is 2. The summed E-state index contributed by atoms with van der Waals surface area (Å²) < 4.78 is 39.3. The molecule has 5 nitrogen and oxygen atoms in total. The van der Waals surface area contributed by atoms with Gasteiger partial charge in [-0.1, -0.05) is 24.3 Å². The lowest BCUT2D eigenvalue weighted by atomic mass is 9.95. The summed E-state index contributed by atoms with van der Waals surface area (Å²) in [5, 5.41) is 7.20. The normalized spacial score (nSPS) is 18.3. The third-order valence-corrected chi connectivity index (χ3v) is 6.49. The van der Waals surface area contributed by atoms with Crippen LogP contribution in [0.25, 0.3) is 0 Å². The van der Waals surface area contributed by atoms with Crippen molar-refractivity contribution in [3.05, 3.63) is 65.2 Å². The molecule has 2 fully saturated rings. The van der Waals surface area contributed by atoms with Gasteiger partial charge in [0.2, 0.25) is 5.91 Å². The zero-order valence-electron chi connectivity index (χ0n) is 17.7. The molecule has 0 aromatic heterocycles. The fraction of sp³-hybridized carbons (Fsp3) is 0.391. The molecule has 2 aromatic rings. The van der Waals surface area contributed by atoms with E-state index in [9.17, 15) is 18.0 Å². The maximum absolute atomic E-state index is 13.1. The second kappa shape index (κ2) is 8.71. The number of piperidine rings is 1. The largest absolute Gasteiger partial charge is 0.416 e. The second-order valence-electron chi connectivity index (χ2n) is 8.35. The Hall–Kier alpha value is -2.65. The minimum atomic E-state index is -4.41. The molecule has 1 amide bonds. The average molecular weight is 463 g/mol. The number of aryl methyl sites for hydroxylation is 1. The number of nitrogens with one attached hydrogen (secondary N) is 2. The SMILES string of the molecule is Cc1cccc(NC(=S)N2CCC3(CC2)NCC(=O)N3Cc2cccc(C(F)(F)F)c2)c1. The Bertz CT molecular complexity index is 1020. The molecular formula is C23H25F3N4OS. The van der Waals surface area contributed by atoms with E-state index < -0.39 is 17.4 Å². The van der Waals surface area contributed by atoms with Crippen molar-refractivity contribution in [1.82, 2.24) is 15.1 Å². The number of nitrogens with zero attached hydrogens (tertiary/aromatic N) is 2. The van der Waals surface area contributed by atoms with Gasteiger partial charge in [0, 0.05) is 38.2 Å². The Balaban J connectivity index is 1.43. The summed E-state index contributed by atoms with van der Waals surface area (Å²) in [5.74, 6) is -0.101. The predicted molar refractivity (Wildman–Crippen MR) is 121 cm³/mol. The van der Waals surface area contributed by atoms with Gasteiger partial charge in [0.15, 0.2) is 5.11 Å². The van der Waals surface area contributed by atoms with Gasteiger partial charge in [-0.2, -0.15) is 13.2 Å². The van der Waals surface area contributed by atoms with Crippen molar-refractivity contribution < 1.29 is 18.0 Å². The number of thiocarbonyl (C=S) groups is 1. The summed E-state index contributed by atoms with van der Waals surface area (Å²) in [6.45, 7) is 3.61. The van der Waals surface area contributed by atoms with Crippen molar-refractivity contribution in [1.29, 1.82) is 0 Å². The van der Waals surface area contributed by atoms with Crippen molar-refractivity contribution in [3.63, 3.8) is 0 Å². The highest BCUT2D eigenvalue weighted by Gasteiger charge is 2.47. The molecule has 2 aliphatic rings. The Morgan fingerprint density at radius 3 is 2.56 bits per heavy atom. The number of halogens is 3. The van der Waals surface area contributed by atoms with Gasteiger partial charge in [0.1, 0.15) is 0 Å². The van der Waals surface area contributed by atoms with E-state index in [0.717, 1.165) is 23.4 Å². The van der Waals surface area contributed by atoms with Gasteiger partial charge in [0.25, 0.3) is 0 Å². The van der Waals surface area contributed by atoms with Gasteiger partial charge >= 0.3 is 6.18 Å². The monoisotopic (exact) mass is 462 g/mol. The van der Waals surface area contributed by atoms with Crippen LogP contribution in [0.1, 0.15) is 29.5 Å². The van der Waals surface area contributed by atoms with Crippen LogP contribution in [-0.4, -0.2) is 46.1 Å². The molecule has 2 heterocycles. The van der Waals surface area contributed by atoms with E-state index >= 15 is 0 Å². The molecule has 0 bridgehead atoms. The molecular weight excluding hydrogens is 437 g/mol. The number of rotatable bonds is 3. The molecule has 170 valence electrons. The molecule has 4 rings (SSSR count). The van der Waals surface area contributed by atoms with Gasteiger partial charge in [-0.25, -0.2) is 0 Å². The molecule has 2 N–H and O–H groups in total. The van der Waals surface area contributed by atoms with E-state index in [1.54, 1.807) is 11.0 Å². The highest BCUT2D eigenvalue weighted by atomic mass is 32.1. The molecule has 9 heteroatoms. The Morgan fingerprint density at radius 2 is 1.88 bits per heavy atom. The molecule has 0 saturated carbocycles. The zero-order valence-corrected chi connectivity index (χ0v) is 18.5. The lowest BCUT2D eigenvalue weighted by Gasteiger charge is -2.45. The number of hydrogen-bond acceptors (Lipinski definition) is 3. The minimum absolute atomic E-state index is 0.101. The molecule has 0 atom stereocenters. The van der Waals surface area contributed by atoms with Crippen LogP contribution in [0, 0.1) is 6.92 Å². The number of carbonyl (C=O) groups excluding carboxylic acids is 1. The van der Waals surface area contributed by atoms with Gasteiger partial charge in [-0.15, -0.1) is 0 Å². The maximum atomic E-state index is 13.1. The smallest absolute Gasteiger partial charge is 0.349 e. The second-order valence-corrected chi connectivity index (χ2v) is 8.74. The zero-order chi connectivity index (χ0) is 22.9. The standard InChI is InChI=1S/C23H25F3N4OS/c1-16-4-2-7-19(12-16)28-21(32)29-10-8-22(9-11-29)27-14-20(31)30(22)15-17-5-3-6-18(13-17)23(24,25)26/h2-7,12-13,27H,8-11,14-15H2,1H3,(H,28,32). The first-order valence-corrected chi connectivity index (χ1v) is 10.9. The van der Waals surface area contributed by atoms with Crippen molar-refractivity contribution >= 4 is 28.9 Å². The molecule has 2 aliphatic heterocycles. The minimum Gasteiger partial charge on any atom is -0.349 e. The van der Waals surface area contributed by atoms with E-state index in [1.807, 2.05) is 31.2 Å². The number of likely N-dealkylation sites (tertiary alicyclic amines) is 1. The third-order valence-electron chi connectivity index (χ3n) is 6.13. The van der Waals surface area contributed by atoms with Crippen LogP contribution in [0.5, 0.6) is 0 Å². The Kier molecular flexibility index (Phi) is 6.13. The summed E-state index contributed by atoms with van der Waals surface area (Å²) in [6, 6.07) is 13.1. The fourth-order valence-electron chi connectivity index (χ4n) is 4.39. The highest BCUT2D eigenvalue weighted by molar-refractivity contribution is 7.80. The van der Waals surface area contributed by atoms with E-state index in [-0.39, 0.29) is 19.0 Å². The van der Waals surface area contributed by atoms with Crippen LogP contribution in [0.2, 0.25) is 0 Å². The number of amides is 1. The van der Waals surface area contributed by atoms with Gasteiger partial charge in [-0.3, -0.25) is 10.1 Å². The van der Waals surface area contributed by atoms with Crippen molar-refractivity contribution in [3.8, 4) is 0 Å². The lowest BCUT2D eigenvalue weighted by molar-refractivity contribution is -0.137. The number of anilines is 1. The van der Waals surface area contributed by atoms with Gasteiger partial charge in [-0.05, 0) is 54.5 Å². The number of benzene rings is 2. The summed E-state index contributed by atoms with van der Waals surface area (Å²) in [5.41, 5.74) is 1.26. The molecule has 2 aromatic carbocycles. The van der Waals surface area contributed by atoms with E-state index in [4.69, 9.17) is 12.2 Å². The fourth-order valence-corrected chi connectivity index (χ4v) is 4.69. The van der Waals surface area contributed by atoms with E-state index in [0.29, 0.717) is 36.6 Å². The summed E-state index contributed by atoms with van der Waals surface area (Å²) in [6.07, 6.45) is -3.15. The third kappa shape index (κ3) is 4.73. The number of carbonyl (C=O) groups is 1.